The lowest BCUT2D eigenvalue weighted by molar-refractivity contribution is 0.467. The number of aliphatic imine (C=N–C) groups is 1. The molecule has 0 amide bonds. The maximum absolute atomic E-state index is 5.33. The predicted octanol–water partition coefficient (Wildman–Crippen LogP) is 3.33. The molecule has 0 spiro atoms. The van der Waals surface area contributed by atoms with E-state index in [-0.39, 0.29) is 24.0 Å². The third-order valence-electron chi connectivity index (χ3n) is 5.08. The molecule has 4 rings (SSSR count). The van der Waals surface area contributed by atoms with Crippen LogP contribution in [-0.2, 0) is 6.54 Å². The van der Waals surface area contributed by atoms with Gasteiger partial charge in [0.25, 0.3) is 0 Å². The van der Waals surface area contributed by atoms with E-state index in [0.29, 0.717) is 24.2 Å². The standard InChI is InChI=1S/C21H27N7O.HI/c1-15-7-9-17(10-8-15)28-11-3-5-16(14-28)24-21(22-2)23-13-19-25-20(27-26-19)18-6-4-12-29-18;/h4,6-10,12,16H,3,5,11,13-14H2,1-2H3,(H2,22,23,24)(H,25,26,27);1H. The van der Waals surface area contributed by atoms with Crippen LogP contribution in [0.2, 0.25) is 0 Å². The molecular weight excluding hydrogens is 493 g/mol. The fraction of sp³-hybridized carbons (Fsp3) is 0.381. The molecule has 1 saturated heterocycles. The highest BCUT2D eigenvalue weighted by atomic mass is 127. The summed E-state index contributed by atoms with van der Waals surface area (Å²) in [6.07, 6.45) is 3.88. The number of halogens is 1. The SMILES string of the molecule is CN=C(NCc1nc(-c2ccco2)n[nH]1)NC1CCCN(c2ccc(C)cc2)C1.I. The van der Waals surface area contributed by atoms with Crippen LogP contribution >= 0.6 is 24.0 Å². The number of aromatic nitrogens is 3. The van der Waals surface area contributed by atoms with Crippen molar-refractivity contribution in [3.8, 4) is 11.6 Å². The van der Waals surface area contributed by atoms with Crippen LogP contribution in [0.3, 0.4) is 0 Å². The van der Waals surface area contributed by atoms with Crippen LogP contribution < -0.4 is 15.5 Å². The molecule has 1 aromatic carbocycles. The molecule has 2 aromatic heterocycles. The van der Waals surface area contributed by atoms with Crippen LogP contribution in [0.25, 0.3) is 11.6 Å². The second-order valence-electron chi connectivity index (χ2n) is 7.27. The third-order valence-corrected chi connectivity index (χ3v) is 5.08. The maximum Gasteiger partial charge on any atom is 0.216 e. The monoisotopic (exact) mass is 521 g/mol. The van der Waals surface area contributed by atoms with Crippen LogP contribution in [0.4, 0.5) is 5.69 Å². The van der Waals surface area contributed by atoms with Gasteiger partial charge in [-0.2, -0.15) is 0 Å². The van der Waals surface area contributed by atoms with Gasteiger partial charge >= 0.3 is 0 Å². The molecule has 1 aliphatic rings. The van der Waals surface area contributed by atoms with E-state index in [0.717, 1.165) is 37.7 Å². The van der Waals surface area contributed by atoms with E-state index in [4.69, 9.17) is 4.42 Å². The minimum absolute atomic E-state index is 0. The normalized spacial score (nSPS) is 16.8. The first kappa shape index (κ1) is 22.1. The van der Waals surface area contributed by atoms with Crippen LogP contribution in [-0.4, -0.2) is 47.3 Å². The number of guanidine groups is 1. The summed E-state index contributed by atoms with van der Waals surface area (Å²) in [5, 5.41) is 14.0. The van der Waals surface area contributed by atoms with Gasteiger partial charge in [-0.05, 0) is 44.0 Å². The summed E-state index contributed by atoms with van der Waals surface area (Å²) < 4.78 is 5.33. The lowest BCUT2D eigenvalue weighted by Gasteiger charge is -2.35. The van der Waals surface area contributed by atoms with Crippen molar-refractivity contribution in [1.82, 2.24) is 25.8 Å². The second-order valence-corrected chi connectivity index (χ2v) is 7.27. The zero-order valence-corrected chi connectivity index (χ0v) is 19.6. The zero-order valence-electron chi connectivity index (χ0n) is 17.3. The second kappa shape index (κ2) is 10.5. The number of aryl methyl sites for hydroxylation is 1. The fourth-order valence-electron chi connectivity index (χ4n) is 3.53. The Labute approximate surface area is 193 Å². The number of furan rings is 1. The lowest BCUT2D eigenvalue weighted by atomic mass is 10.0. The summed E-state index contributed by atoms with van der Waals surface area (Å²) in [4.78, 5) is 11.2. The third kappa shape index (κ3) is 5.53. The van der Waals surface area contributed by atoms with E-state index in [1.54, 1.807) is 13.3 Å². The molecule has 3 heterocycles. The number of piperidine rings is 1. The van der Waals surface area contributed by atoms with Gasteiger partial charge in [0.1, 0.15) is 5.82 Å². The average molecular weight is 521 g/mol. The van der Waals surface area contributed by atoms with Crippen molar-refractivity contribution in [2.24, 2.45) is 4.99 Å². The number of benzene rings is 1. The molecule has 30 heavy (non-hydrogen) atoms. The minimum Gasteiger partial charge on any atom is -0.461 e. The van der Waals surface area contributed by atoms with Gasteiger partial charge in [-0.15, -0.1) is 29.1 Å². The fourth-order valence-corrected chi connectivity index (χ4v) is 3.53. The number of aromatic amines is 1. The Morgan fingerprint density at radius 3 is 2.87 bits per heavy atom. The Morgan fingerprint density at radius 2 is 2.13 bits per heavy atom. The molecule has 1 unspecified atom stereocenters. The van der Waals surface area contributed by atoms with Crippen molar-refractivity contribution >= 4 is 35.6 Å². The van der Waals surface area contributed by atoms with Gasteiger partial charge in [0.15, 0.2) is 11.7 Å². The van der Waals surface area contributed by atoms with E-state index in [9.17, 15) is 0 Å². The Balaban J connectivity index is 0.00000256. The summed E-state index contributed by atoms with van der Waals surface area (Å²) in [6, 6.07) is 12.7. The highest BCUT2D eigenvalue weighted by molar-refractivity contribution is 14.0. The number of rotatable bonds is 5. The molecule has 0 saturated carbocycles. The first-order valence-electron chi connectivity index (χ1n) is 9.95. The average Bonchev–Trinajstić information content (AvgIpc) is 3.43. The van der Waals surface area contributed by atoms with E-state index in [1.165, 1.54) is 11.3 Å². The minimum atomic E-state index is 0. The van der Waals surface area contributed by atoms with E-state index in [2.05, 4.69) is 66.9 Å². The van der Waals surface area contributed by atoms with E-state index >= 15 is 0 Å². The van der Waals surface area contributed by atoms with Gasteiger partial charge in [-0.25, -0.2) is 4.98 Å². The van der Waals surface area contributed by atoms with Crippen LogP contribution in [0.1, 0.15) is 24.2 Å². The number of hydrogen-bond donors (Lipinski definition) is 3. The molecule has 0 aliphatic carbocycles. The Bertz CT molecular complexity index is 937. The summed E-state index contributed by atoms with van der Waals surface area (Å²) >= 11 is 0. The van der Waals surface area contributed by atoms with Crippen molar-refractivity contribution in [1.29, 1.82) is 0 Å². The van der Waals surface area contributed by atoms with Gasteiger partial charge in [-0.3, -0.25) is 10.1 Å². The summed E-state index contributed by atoms with van der Waals surface area (Å²) in [5.41, 5.74) is 2.56. The molecule has 9 heteroatoms. The van der Waals surface area contributed by atoms with E-state index in [1.807, 2.05) is 12.1 Å². The zero-order chi connectivity index (χ0) is 20.1. The van der Waals surface area contributed by atoms with Gasteiger partial charge < -0.3 is 20.0 Å². The summed E-state index contributed by atoms with van der Waals surface area (Å²) in [7, 11) is 1.78. The summed E-state index contributed by atoms with van der Waals surface area (Å²) in [5.74, 6) is 2.69. The van der Waals surface area contributed by atoms with Gasteiger partial charge in [-0.1, -0.05) is 17.7 Å². The van der Waals surface area contributed by atoms with Crippen molar-refractivity contribution in [3.63, 3.8) is 0 Å². The molecule has 0 radical (unpaired) electrons. The smallest absolute Gasteiger partial charge is 0.216 e. The lowest BCUT2D eigenvalue weighted by Crippen LogP contribution is -2.51. The van der Waals surface area contributed by atoms with Gasteiger partial charge in [0, 0.05) is 31.9 Å². The molecule has 1 fully saturated rings. The number of nitrogens with one attached hydrogen (secondary N) is 3. The Kier molecular flexibility index (Phi) is 7.72. The molecule has 0 bridgehead atoms. The van der Waals surface area contributed by atoms with Crippen LogP contribution in [0.5, 0.6) is 0 Å². The molecule has 1 atom stereocenters. The highest BCUT2D eigenvalue weighted by Crippen LogP contribution is 2.20. The maximum atomic E-state index is 5.33. The predicted molar refractivity (Wildman–Crippen MR) is 129 cm³/mol. The van der Waals surface area contributed by atoms with Crippen LogP contribution in [0, 0.1) is 6.92 Å². The summed E-state index contributed by atoms with van der Waals surface area (Å²) in [6.45, 7) is 4.66. The van der Waals surface area contributed by atoms with Crippen molar-refractivity contribution in [3.05, 3.63) is 54.0 Å². The number of H-pyrrole nitrogens is 1. The van der Waals surface area contributed by atoms with Crippen molar-refractivity contribution in [2.75, 3.05) is 25.0 Å². The van der Waals surface area contributed by atoms with E-state index < -0.39 is 0 Å². The molecule has 1 aliphatic heterocycles. The molecular formula is C21H28IN7O. The van der Waals surface area contributed by atoms with Gasteiger partial charge in [0.2, 0.25) is 5.82 Å². The largest absolute Gasteiger partial charge is 0.461 e. The first-order valence-corrected chi connectivity index (χ1v) is 9.95. The molecule has 3 aromatic rings. The first-order chi connectivity index (χ1) is 14.2. The number of nitrogens with zero attached hydrogens (tertiary/aromatic N) is 4. The van der Waals surface area contributed by atoms with Crippen molar-refractivity contribution < 1.29 is 4.42 Å². The molecule has 3 N–H and O–H groups in total. The molecule has 8 nitrogen and oxygen atoms in total. The Morgan fingerprint density at radius 1 is 1.30 bits per heavy atom. The topological polar surface area (TPSA) is 94.4 Å². The Hall–Kier alpha value is -2.56. The number of hydrogen-bond acceptors (Lipinski definition) is 5. The van der Waals surface area contributed by atoms with Crippen LogP contribution in [0.15, 0.2) is 52.1 Å². The highest BCUT2D eigenvalue weighted by Gasteiger charge is 2.21. The number of anilines is 1. The van der Waals surface area contributed by atoms with Gasteiger partial charge in [0.05, 0.1) is 12.8 Å². The van der Waals surface area contributed by atoms with Crippen molar-refractivity contribution in [2.45, 2.75) is 32.4 Å². The molecule has 160 valence electrons. The quantitative estimate of drug-likeness (QED) is 0.271.